The van der Waals surface area contributed by atoms with E-state index in [1.165, 1.54) is 6.92 Å². The van der Waals surface area contributed by atoms with Gasteiger partial charge in [-0.15, -0.1) is 0 Å². The van der Waals surface area contributed by atoms with E-state index in [2.05, 4.69) is 53.5 Å². The van der Waals surface area contributed by atoms with Crippen LogP contribution < -0.4 is 11.5 Å². The number of carboxylic acids is 1. The molecule has 0 radical (unpaired) electrons. The monoisotopic (exact) mass is 444 g/mol. The molecule has 0 saturated carbocycles. The second kappa shape index (κ2) is 7.10. The first-order chi connectivity index (χ1) is 8.11. The fourth-order valence-corrected chi connectivity index (χ4v) is 3.33. The van der Waals surface area contributed by atoms with Crippen molar-refractivity contribution in [2.75, 3.05) is 5.73 Å². The minimum absolute atomic E-state index is 0.142. The average Bonchev–Trinajstić information content (AvgIpc) is 2.22. The Balaban J connectivity index is 0.000000631. The number of nitrogens with two attached hydrogens (primary N) is 2. The number of anilines is 1. The standard InChI is InChI=1S/C8H6Br3NO2.C2H5NO/c1-2-4(9)3(8(13)14)6(11)7(12)5(2)10;1-2(3)4/h12H2,1H3,(H,13,14);1H3,(H2,3,4). The van der Waals surface area contributed by atoms with Gasteiger partial charge in [0.1, 0.15) is 0 Å². The summed E-state index contributed by atoms with van der Waals surface area (Å²) in [5.41, 5.74) is 11.5. The summed E-state index contributed by atoms with van der Waals surface area (Å²) in [6, 6.07) is 0. The lowest BCUT2D eigenvalue weighted by molar-refractivity contribution is -0.115. The van der Waals surface area contributed by atoms with Gasteiger partial charge in [0.05, 0.1) is 15.7 Å². The molecule has 0 unspecified atom stereocenters. The van der Waals surface area contributed by atoms with Crippen molar-refractivity contribution >= 4 is 65.4 Å². The molecule has 0 atom stereocenters. The molecule has 0 spiro atoms. The number of carbonyl (C=O) groups is 2. The number of hydrogen-bond donors (Lipinski definition) is 3. The molecule has 0 heterocycles. The number of amides is 1. The quantitative estimate of drug-likeness (QED) is 0.576. The number of benzene rings is 1. The molecule has 0 aliphatic rings. The Kier molecular flexibility index (Phi) is 6.87. The van der Waals surface area contributed by atoms with Crippen LogP contribution in [0.1, 0.15) is 22.8 Å². The van der Waals surface area contributed by atoms with Crippen molar-refractivity contribution in [2.45, 2.75) is 13.8 Å². The Bertz CT molecular complexity index is 471. The molecule has 0 bridgehead atoms. The molecular weight excluding hydrogens is 436 g/mol. The van der Waals surface area contributed by atoms with Crippen molar-refractivity contribution in [1.82, 2.24) is 0 Å². The van der Waals surface area contributed by atoms with Gasteiger partial charge in [0.2, 0.25) is 5.91 Å². The van der Waals surface area contributed by atoms with Gasteiger partial charge in [0.15, 0.2) is 0 Å². The van der Waals surface area contributed by atoms with E-state index < -0.39 is 5.97 Å². The van der Waals surface area contributed by atoms with Crippen LogP contribution >= 0.6 is 47.8 Å². The number of carbonyl (C=O) groups excluding carboxylic acids is 1. The predicted octanol–water partition coefficient (Wildman–Crippen LogP) is 3.05. The molecule has 1 rings (SSSR count). The zero-order chi connectivity index (χ0) is 14.6. The largest absolute Gasteiger partial charge is 0.478 e. The maximum Gasteiger partial charge on any atom is 0.338 e. The van der Waals surface area contributed by atoms with E-state index in [1.54, 1.807) is 6.92 Å². The first-order valence-electron chi connectivity index (χ1n) is 4.53. The third-order valence-corrected chi connectivity index (χ3v) is 4.62. The summed E-state index contributed by atoms with van der Waals surface area (Å²) < 4.78 is 1.61. The predicted molar refractivity (Wildman–Crippen MR) is 80.5 cm³/mol. The third-order valence-electron chi connectivity index (χ3n) is 1.78. The number of carboxylic acid groups (broad SMARTS) is 1. The Morgan fingerprint density at radius 3 is 1.83 bits per heavy atom. The fourth-order valence-electron chi connectivity index (χ4n) is 1.00. The van der Waals surface area contributed by atoms with Crippen LogP contribution in [0.3, 0.4) is 0 Å². The van der Waals surface area contributed by atoms with Gasteiger partial charge >= 0.3 is 5.97 Å². The van der Waals surface area contributed by atoms with Gasteiger partial charge in [-0.05, 0) is 60.3 Å². The molecule has 0 fully saturated rings. The number of primary amides is 1. The number of rotatable bonds is 1. The highest BCUT2D eigenvalue weighted by molar-refractivity contribution is 9.11. The summed E-state index contributed by atoms with van der Waals surface area (Å²) in [5, 5.41) is 8.96. The molecule has 18 heavy (non-hydrogen) atoms. The highest BCUT2D eigenvalue weighted by atomic mass is 79.9. The van der Waals surface area contributed by atoms with Crippen LogP contribution in [0, 0.1) is 6.92 Å². The van der Waals surface area contributed by atoms with Gasteiger partial charge < -0.3 is 16.6 Å². The average molecular weight is 447 g/mol. The second-order valence-corrected chi connectivity index (χ2v) is 5.65. The highest BCUT2D eigenvalue weighted by Gasteiger charge is 2.20. The molecule has 1 aromatic carbocycles. The fraction of sp³-hybridized carbons (Fsp3) is 0.200. The van der Waals surface area contributed by atoms with E-state index in [0.717, 1.165) is 5.56 Å². The minimum Gasteiger partial charge on any atom is -0.478 e. The topological polar surface area (TPSA) is 106 Å². The number of halogens is 3. The smallest absolute Gasteiger partial charge is 0.338 e. The van der Waals surface area contributed by atoms with Crippen molar-refractivity contribution in [1.29, 1.82) is 0 Å². The van der Waals surface area contributed by atoms with Crippen molar-refractivity contribution in [3.8, 4) is 0 Å². The molecule has 5 nitrogen and oxygen atoms in total. The van der Waals surface area contributed by atoms with Crippen LogP contribution in [0.25, 0.3) is 0 Å². The maximum absolute atomic E-state index is 10.9. The summed E-state index contributed by atoms with van der Waals surface area (Å²) in [6.07, 6.45) is 0. The first kappa shape index (κ1) is 17.4. The Morgan fingerprint density at radius 1 is 1.11 bits per heavy atom. The highest BCUT2D eigenvalue weighted by Crippen LogP contribution is 2.39. The Morgan fingerprint density at radius 2 is 1.50 bits per heavy atom. The van der Waals surface area contributed by atoms with Crippen molar-refractivity contribution in [3.63, 3.8) is 0 Å². The Labute approximate surface area is 129 Å². The van der Waals surface area contributed by atoms with Gasteiger partial charge in [-0.3, -0.25) is 4.79 Å². The van der Waals surface area contributed by atoms with Crippen LogP contribution in [0.15, 0.2) is 13.4 Å². The molecule has 5 N–H and O–H groups in total. The summed E-state index contributed by atoms with van der Waals surface area (Å²) >= 11 is 9.66. The lowest BCUT2D eigenvalue weighted by Crippen LogP contribution is -2.04. The first-order valence-corrected chi connectivity index (χ1v) is 6.91. The van der Waals surface area contributed by atoms with Crippen LogP contribution in [-0.4, -0.2) is 17.0 Å². The van der Waals surface area contributed by atoms with Crippen molar-refractivity contribution in [3.05, 3.63) is 24.5 Å². The van der Waals surface area contributed by atoms with E-state index in [9.17, 15) is 9.59 Å². The van der Waals surface area contributed by atoms with E-state index in [1.807, 2.05) is 0 Å². The molecule has 1 aromatic rings. The van der Waals surface area contributed by atoms with Crippen molar-refractivity contribution in [2.24, 2.45) is 5.73 Å². The third kappa shape index (κ3) is 4.25. The zero-order valence-corrected chi connectivity index (χ0v) is 14.3. The van der Waals surface area contributed by atoms with Crippen LogP contribution in [0.5, 0.6) is 0 Å². The molecular formula is C10H11Br3N2O3. The lowest BCUT2D eigenvalue weighted by Gasteiger charge is -2.11. The van der Waals surface area contributed by atoms with Gasteiger partial charge in [-0.25, -0.2) is 4.79 Å². The summed E-state index contributed by atoms with van der Waals surface area (Å²) in [6.45, 7) is 3.09. The van der Waals surface area contributed by atoms with Gasteiger partial charge in [0, 0.05) is 15.9 Å². The minimum atomic E-state index is -1.02. The van der Waals surface area contributed by atoms with E-state index in [4.69, 9.17) is 10.8 Å². The van der Waals surface area contributed by atoms with E-state index >= 15 is 0 Å². The number of hydrogen-bond acceptors (Lipinski definition) is 3. The van der Waals surface area contributed by atoms with E-state index in [-0.39, 0.29) is 11.5 Å². The summed E-state index contributed by atoms with van der Waals surface area (Å²) in [5.74, 6) is -1.36. The zero-order valence-electron chi connectivity index (χ0n) is 9.55. The second-order valence-electron chi connectivity index (χ2n) is 3.27. The Hall–Kier alpha value is -0.600. The molecule has 0 aliphatic heterocycles. The summed E-state index contributed by atoms with van der Waals surface area (Å²) in [4.78, 5) is 20.1. The molecule has 1 amide bonds. The van der Waals surface area contributed by atoms with Crippen molar-refractivity contribution < 1.29 is 14.7 Å². The summed E-state index contributed by atoms with van der Waals surface area (Å²) in [7, 11) is 0. The molecule has 0 saturated heterocycles. The van der Waals surface area contributed by atoms with Gasteiger partial charge in [-0.1, -0.05) is 0 Å². The number of nitrogen functional groups attached to an aromatic ring is 1. The van der Waals surface area contributed by atoms with Crippen LogP contribution in [-0.2, 0) is 4.79 Å². The van der Waals surface area contributed by atoms with Crippen LogP contribution in [0.4, 0.5) is 5.69 Å². The van der Waals surface area contributed by atoms with Gasteiger partial charge in [0.25, 0.3) is 0 Å². The lowest BCUT2D eigenvalue weighted by atomic mass is 10.1. The molecule has 8 heteroatoms. The molecule has 100 valence electrons. The molecule has 0 aliphatic carbocycles. The van der Waals surface area contributed by atoms with Gasteiger partial charge in [-0.2, -0.15) is 0 Å². The normalized spacial score (nSPS) is 9.39. The van der Waals surface area contributed by atoms with Crippen LogP contribution in [0.2, 0.25) is 0 Å². The molecule has 0 aromatic heterocycles. The number of aromatic carboxylic acids is 1. The van der Waals surface area contributed by atoms with E-state index in [0.29, 0.717) is 19.1 Å². The maximum atomic E-state index is 10.9. The SMILES string of the molecule is CC(N)=O.Cc1c(Br)c(N)c(Br)c(C(=O)O)c1Br.